The average molecular weight is 232 g/mol. The third-order valence-electron chi connectivity index (χ3n) is 2.82. The SMILES string of the molecule is CC(C)(CN)C(=O)Nc1ccc2[nH]ncc2c1. The first-order valence-electron chi connectivity index (χ1n) is 5.47. The van der Waals surface area contributed by atoms with Crippen LogP contribution in [0.4, 0.5) is 5.69 Å². The number of hydrogen-bond donors (Lipinski definition) is 3. The molecule has 2 rings (SSSR count). The van der Waals surface area contributed by atoms with E-state index in [0.29, 0.717) is 6.54 Å². The highest BCUT2D eigenvalue weighted by molar-refractivity contribution is 5.96. The second kappa shape index (κ2) is 4.18. The van der Waals surface area contributed by atoms with Gasteiger partial charge >= 0.3 is 0 Å². The summed E-state index contributed by atoms with van der Waals surface area (Å²) in [5.41, 5.74) is 6.70. The normalized spacial score (nSPS) is 11.7. The first kappa shape index (κ1) is 11.6. The van der Waals surface area contributed by atoms with Gasteiger partial charge in [0, 0.05) is 17.6 Å². The van der Waals surface area contributed by atoms with Crippen molar-refractivity contribution in [2.45, 2.75) is 13.8 Å². The monoisotopic (exact) mass is 232 g/mol. The Balaban J connectivity index is 2.21. The maximum atomic E-state index is 11.9. The number of aromatic nitrogens is 2. The number of aromatic amines is 1. The molecule has 90 valence electrons. The van der Waals surface area contributed by atoms with E-state index in [1.165, 1.54) is 0 Å². The van der Waals surface area contributed by atoms with Gasteiger partial charge in [-0.05, 0) is 32.0 Å². The lowest BCUT2D eigenvalue weighted by Gasteiger charge is -2.21. The van der Waals surface area contributed by atoms with Crippen molar-refractivity contribution in [1.29, 1.82) is 0 Å². The molecule has 1 aromatic carbocycles. The van der Waals surface area contributed by atoms with Crippen molar-refractivity contribution in [2.75, 3.05) is 11.9 Å². The molecule has 5 heteroatoms. The predicted molar refractivity (Wildman–Crippen MR) is 67.6 cm³/mol. The van der Waals surface area contributed by atoms with E-state index in [9.17, 15) is 4.79 Å². The zero-order chi connectivity index (χ0) is 12.5. The Morgan fingerprint density at radius 2 is 2.29 bits per heavy atom. The Bertz CT molecular complexity index is 544. The highest BCUT2D eigenvalue weighted by Crippen LogP contribution is 2.20. The largest absolute Gasteiger partial charge is 0.329 e. The lowest BCUT2D eigenvalue weighted by Crippen LogP contribution is -2.37. The summed E-state index contributed by atoms with van der Waals surface area (Å²) < 4.78 is 0. The van der Waals surface area contributed by atoms with E-state index in [1.54, 1.807) is 6.20 Å². The number of nitrogens with two attached hydrogens (primary N) is 1. The number of hydrogen-bond acceptors (Lipinski definition) is 3. The molecule has 0 bridgehead atoms. The fourth-order valence-electron chi connectivity index (χ4n) is 1.41. The third-order valence-corrected chi connectivity index (χ3v) is 2.82. The minimum Gasteiger partial charge on any atom is -0.329 e. The van der Waals surface area contributed by atoms with Crippen LogP contribution in [-0.4, -0.2) is 22.6 Å². The predicted octanol–water partition coefficient (Wildman–Crippen LogP) is 1.49. The molecule has 0 atom stereocenters. The van der Waals surface area contributed by atoms with Crippen molar-refractivity contribution >= 4 is 22.5 Å². The van der Waals surface area contributed by atoms with Crippen LogP contribution in [0.1, 0.15) is 13.8 Å². The van der Waals surface area contributed by atoms with Gasteiger partial charge in [0.25, 0.3) is 0 Å². The van der Waals surface area contributed by atoms with E-state index in [2.05, 4.69) is 15.5 Å². The smallest absolute Gasteiger partial charge is 0.231 e. The first-order valence-corrected chi connectivity index (χ1v) is 5.47. The van der Waals surface area contributed by atoms with Gasteiger partial charge in [0.05, 0.1) is 17.1 Å². The molecule has 0 aliphatic heterocycles. The maximum Gasteiger partial charge on any atom is 0.231 e. The number of carbonyl (C=O) groups excluding carboxylic acids is 1. The molecule has 1 amide bonds. The minimum atomic E-state index is -0.564. The van der Waals surface area contributed by atoms with Gasteiger partial charge in [0.2, 0.25) is 5.91 Å². The summed E-state index contributed by atoms with van der Waals surface area (Å²) in [5.74, 6) is -0.0807. The van der Waals surface area contributed by atoms with Gasteiger partial charge in [0.1, 0.15) is 0 Å². The van der Waals surface area contributed by atoms with Crippen molar-refractivity contribution in [3.05, 3.63) is 24.4 Å². The molecule has 5 nitrogen and oxygen atoms in total. The van der Waals surface area contributed by atoms with Crippen molar-refractivity contribution in [2.24, 2.45) is 11.1 Å². The molecular formula is C12H16N4O. The Morgan fingerprint density at radius 3 is 3.00 bits per heavy atom. The molecule has 17 heavy (non-hydrogen) atoms. The number of nitrogens with zero attached hydrogens (tertiary/aromatic N) is 1. The molecule has 0 saturated heterocycles. The fraction of sp³-hybridized carbons (Fsp3) is 0.333. The van der Waals surface area contributed by atoms with Gasteiger partial charge in [-0.3, -0.25) is 9.89 Å². The minimum absolute atomic E-state index is 0.0807. The summed E-state index contributed by atoms with van der Waals surface area (Å²) in [7, 11) is 0. The van der Waals surface area contributed by atoms with E-state index < -0.39 is 5.41 Å². The summed E-state index contributed by atoms with van der Waals surface area (Å²) in [6.07, 6.45) is 1.72. The van der Waals surface area contributed by atoms with E-state index >= 15 is 0 Å². The summed E-state index contributed by atoms with van der Waals surface area (Å²) in [6, 6.07) is 5.60. The highest BCUT2D eigenvalue weighted by Gasteiger charge is 2.25. The second-order valence-corrected chi connectivity index (χ2v) is 4.71. The summed E-state index contributed by atoms with van der Waals surface area (Å²) in [4.78, 5) is 11.9. The van der Waals surface area contributed by atoms with Crippen LogP contribution >= 0.6 is 0 Å². The van der Waals surface area contributed by atoms with Crippen LogP contribution in [0.5, 0.6) is 0 Å². The Hall–Kier alpha value is -1.88. The van der Waals surface area contributed by atoms with E-state index in [-0.39, 0.29) is 5.91 Å². The van der Waals surface area contributed by atoms with E-state index in [0.717, 1.165) is 16.6 Å². The Kier molecular flexibility index (Phi) is 2.85. The van der Waals surface area contributed by atoms with E-state index in [1.807, 2.05) is 32.0 Å². The van der Waals surface area contributed by atoms with Crippen LogP contribution in [0.25, 0.3) is 10.9 Å². The van der Waals surface area contributed by atoms with E-state index in [4.69, 9.17) is 5.73 Å². The van der Waals surface area contributed by atoms with Crippen LogP contribution in [0.3, 0.4) is 0 Å². The lowest BCUT2D eigenvalue weighted by molar-refractivity contribution is -0.123. The summed E-state index contributed by atoms with van der Waals surface area (Å²) in [6.45, 7) is 3.95. The Labute approximate surface area is 99.4 Å². The quantitative estimate of drug-likeness (QED) is 0.749. The number of amides is 1. The molecule has 0 fully saturated rings. The molecule has 0 aliphatic rings. The van der Waals surface area contributed by atoms with Crippen LogP contribution in [0.15, 0.2) is 24.4 Å². The van der Waals surface area contributed by atoms with Gasteiger partial charge in [-0.2, -0.15) is 5.10 Å². The van der Waals surface area contributed by atoms with Crippen LogP contribution in [-0.2, 0) is 4.79 Å². The molecule has 4 N–H and O–H groups in total. The molecule has 0 saturated carbocycles. The van der Waals surface area contributed by atoms with Crippen LogP contribution < -0.4 is 11.1 Å². The number of nitrogens with one attached hydrogen (secondary N) is 2. The first-order chi connectivity index (χ1) is 8.03. The van der Waals surface area contributed by atoms with Crippen molar-refractivity contribution in [3.63, 3.8) is 0 Å². The molecule has 1 heterocycles. The molecule has 1 aromatic heterocycles. The molecular weight excluding hydrogens is 216 g/mol. The van der Waals surface area contributed by atoms with Crippen molar-refractivity contribution in [1.82, 2.24) is 10.2 Å². The number of fused-ring (bicyclic) bond motifs is 1. The average Bonchev–Trinajstić information content (AvgIpc) is 2.76. The summed E-state index contributed by atoms with van der Waals surface area (Å²) >= 11 is 0. The number of H-pyrrole nitrogens is 1. The maximum absolute atomic E-state index is 11.9. The molecule has 2 aromatic rings. The van der Waals surface area contributed by atoms with Gasteiger partial charge in [-0.25, -0.2) is 0 Å². The van der Waals surface area contributed by atoms with Gasteiger partial charge in [-0.15, -0.1) is 0 Å². The lowest BCUT2D eigenvalue weighted by atomic mass is 9.92. The molecule has 0 radical (unpaired) electrons. The number of benzene rings is 1. The zero-order valence-corrected chi connectivity index (χ0v) is 9.95. The van der Waals surface area contributed by atoms with Crippen molar-refractivity contribution in [3.8, 4) is 0 Å². The van der Waals surface area contributed by atoms with Crippen LogP contribution in [0.2, 0.25) is 0 Å². The second-order valence-electron chi connectivity index (χ2n) is 4.71. The van der Waals surface area contributed by atoms with Crippen LogP contribution in [0, 0.1) is 5.41 Å². The molecule has 0 aliphatic carbocycles. The molecule has 0 spiro atoms. The fourth-order valence-corrected chi connectivity index (χ4v) is 1.41. The van der Waals surface area contributed by atoms with Crippen molar-refractivity contribution < 1.29 is 4.79 Å². The number of rotatable bonds is 3. The van der Waals surface area contributed by atoms with Gasteiger partial charge in [0.15, 0.2) is 0 Å². The van der Waals surface area contributed by atoms with Gasteiger partial charge < -0.3 is 11.1 Å². The standard InChI is InChI=1S/C12H16N4O/c1-12(2,7-13)11(17)15-9-3-4-10-8(5-9)6-14-16-10/h3-6H,7,13H2,1-2H3,(H,14,16)(H,15,17). The highest BCUT2D eigenvalue weighted by atomic mass is 16.2. The number of carbonyl (C=O) groups is 1. The summed E-state index contributed by atoms with van der Waals surface area (Å²) in [5, 5.41) is 10.6. The zero-order valence-electron chi connectivity index (χ0n) is 9.95. The topological polar surface area (TPSA) is 83.8 Å². The van der Waals surface area contributed by atoms with Gasteiger partial charge in [-0.1, -0.05) is 0 Å². The Morgan fingerprint density at radius 1 is 1.53 bits per heavy atom. The molecule has 0 unspecified atom stereocenters. The third kappa shape index (κ3) is 2.29. The number of anilines is 1.